The van der Waals surface area contributed by atoms with Crippen LogP contribution < -0.4 is 24.8 Å². The molecule has 0 nitrogen and oxygen atoms in total. The molecule has 3 heteroatoms. The van der Waals surface area contributed by atoms with Gasteiger partial charge in [-0.1, -0.05) is 48.9 Å². The van der Waals surface area contributed by atoms with Gasteiger partial charge in [0, 0.05) is 0 Å². The molecule has 3 aromatic rings. The van der Waals surface area contributed by atoms with Crippen molar-refractivity contribution in [3.63, 3.8) is 0 Å². The van der Waals surface area contributed by atoms with E-state index in [1.54, 1.807) is 0 Å². The maximum Gasteiger partial charge on any atom is 3.00 e. The van der Waals surface area contributed by atoms with Crippen molar-refractivity contribution in [2.75, 3.05) is 0 Å². The van der Waals surface area contributed by atoms with E-state index in [0.29, 0.717) is 0 Å². The minimum Gasteiger partial charge on any atom is -1.00 e. The SMILES string of the molecule is CCc1cc2c(-c3ccccc3)cccc2[cH-]1.[Cl-].[Cl-].[Zr+3]. The van der Waals surface area contributed by atoms with Crippen LogP contribution in [0.5, 0.6) is 0 Å². The Kier molecular flexibility index (Phi) is 8.51. The molecule has 0 heterocycles. The van der Waals surface area contributed by atoms with Crippen LogP contribution in [0.25, 0.3) is 21.9 Å². The molecular formula is C17H15Cl2Zr. The molecule has 0 saturated carbocycles. The van der Waals surface area contributed by atoms with Crippen LogP contribution in [-0.2, 0) is 32.6 Å². The van der Waals surface area contributed by atoms with Gasteiger partial charge in [0.1, 0.15) is 0 Å². The van der Waals surface area contributed by atoms with E-state index >= 15 is 0 Å². The van der Waals surface area contributed by atoms with Gasteiger partial charge in [0.25, 0.3) is 0 Å². The summed E-state index contributed by atoms with van der Waals surface area (Å²) in [6.45, 7) is 2.20. The normalized spacial score (nSPS) is 9.25. The minimum atomic E-state index is 0. The Balaban J connectivity index is 0.00000120. The first-order valence-electron chi connectivity index (χ1n) is 6.12. The molecule has 0 amide bonds. The van der Waals surface area contributed by atoms with E-state index in [4.69, 9.17) is 0 Å². The van der Waals surface area contributed by atoms with E-state index in [-0.39, 0.29) is 51.0 Å². The molecule has 0 spiro atoms. The summed E-state index contributed by atoms with van der Waals surface area (Å²) in [7, 11) is 0. The summed E-state index contributed by atoms with van der Waals surface area (Å²) in [6.07, 6.45) is 1.10. The van der Waals surface area contributed by atoms with Crippen LogP contribution >= 0.6 is 0 Å². The van der Waals surface area contributed by atoms with Gasteiger partial charge < -0.3 is 24.8 Å². The predicted molar refractivity (Wildman–Crippen MR) is 74.4 cm³/mol. The van der Waals surface area contributed by atoms with E-state index in [2.05, 4.69) is 67.6 Å². The summed E-state index contributed by atoms with van der Waals surface area (Å²) in [6, 6.07) is 21.8. The molecule has 0 saturated heterocycles. The second-order valence-corrected chi connectivity index (χ2v) is 4.39. The molecule has 0 aliphatic heterocycles. The Bertz CT molecular complexity index is 644. The monoisotopic (exact) mass is 379 g/mol. The molecule has 3 aromatic carbocycles. The molecule has 0 N–H and O–H groups in total. The predicted octanol–water partition coefficient (Wildman–Crippen LogP) is -1.21. The van der Waals surface area contributed by atoms with Crippen molar-refractivity contribution in [1.82, 2.24) is 0 Å². The van der Waals surface area contributed by atoms with Crippen molar-refractivity contribution in [2.45, 2.75) is 13.3 Å². The third-order valence-corrected chi connectivity index (χ3v) is 3.30. The number of benzene rings is 2. The van der Waals surface area contributed by atoms with Crippen molar-refractivity contribution in [2.24, 2.45) is 0 Å². The first kappa shape index (κ1) is 19.5. The van der Waals surface area contributed by atoms with Crippen LogP contribution in [-0.4, -0.2) is 0 Å². The Labute approximate surface area is 151 Å². The number of aryl methyl sites for hydroxylation is 1. The fourth-order valence-corrected chi connectivity index (χ4v) is 2.37. The van der Waals surface area contributed by atoms with Crippen LogP contribution in [0.3, 0.4) is 0 Å². The summed E-state index contributed by atoms with van der Waals surface area (Å²) in [5.41, 5.74) is 4.05. The molecule has 0 fully saturated rings. The first-order valence-corrected chi connectivity index (χ1v) is 6.12. The number of rotatable bonds is 2. The van der Waals surface area contributed by atoms with E-state index in [1.165, 1.54) is 27.5 Å². The van der Waals surface area contributed by atoms with E-state index in [9.17, 15) is 0 Å². The fraction of sp³-hybridized carbons (Fsp3) is 0.118. The number of fused-ring (bicyclic) bond motifs is 1. The molecule has 0 aliphatic carbocycles. The Morgan fingerprint density at radius 2 is 1.60 bits per heavy atom. The molecule has 3 rings (SSSR count). The van der Waals surface area contributed by atoms with E-state index < -0.39 is 0 Å². The second kappa shape index (κ2) is 8.72. The van der Waals surface area contributed by atoms with Crippen molar-refractivity contribution >= 4 is 10.8 Å². The van der Waals surface area contributed by atoms with E-state index in [0.717, 1.165) is 6.42 Å². The molecule has 0 atom stereocenters. The van der Waals surface area contributed by atoms with Gasteiger partial charge >= 0.3 is 26.2 Å². The van der Waals surface area contributed by atoms with Gasteiger partial charge in [-0.3, -0.25) is 0 Å². The topological polar surface area (TPSA) is 0 Å². The third kappa shape index (κ3) is 3.79. The number of halogens is 2. The number of hydrogen-bond acceptors (Lipinski definition) is 0. The molecule has 0 unspecified atom stereocenters. The van der Waals surface area contributed by atoms with Crippen LogP contribution in [0.2, 0.25) is 0 Å². The fourth-order valence-electron chi connectivity index (χ4n) is 2.37. The maximum absolute atomic E-state index is 2.32. The molecular weight excluding hydrogens is 366 g/mol. The summed E-state index contributed by atoms with van der Waals surface area (Å²) in [5.74, 6) is 0. The smallest absolute Gasteiger partial charge is 1.00 e. The van der Waals surface area contributed by atoms with Crippen molar-refractivity contribution < 1.29 is 51.0 Å². The zero-order chi connectivity index (χ0) is 11.7. The standard InChI is InChI=1S/C17H15.2ClH.Zr/c1-2-13-11-15-9-6-10-16(17(15)12-13)14-7-4-3-5-8-14;;;/h3-12H,2H2,1H3;2*1H;/q-1;;;+3/p-2. The summed E-state index contributed by atoms with van der Waals surface area (Å²) in [4.78, 5) is 0. The zero-order valence-electron chi connectivity index (χ0n) is 11.2. The number of hydrogen-bond donors (Lipinski definition) is 0. The largest absolute Gasteiger partial charge is 3.00 e. The third-order valence-electron chi connectivity index (χ3n) is 3.30. The van der Waals surface area contributed by atoms with Gasteiger partial charge in [0.2, 0.25) is 0 Å². The van der Waals surface area contributed by atoms with Crippen LogP contribution in [0, 0.1) is 0 Å². The van der Waals surface area contributed by atoms with Gasteiger partial charge in [-0.2, -0.15) is 6.07 Å². The van der Waals surface area contributed by atoms with Crippen LogP contribution in [0.1, 0.15) is 12.5 Å². The van der Waals surface area contributed by atoms with Crippen LogP contribution in [0.4, 0.5) is 0 Å². The van der Waals surface area contributed by atoms with E-state index in [1.807, 2.05) is 0 Å². The quantitative estimate of drug-likeness (QED) is 0.489. The van der Waals surface area contributed by atoms with Gasteiger partial charge in [-0.05, 0) is 12.0 Å². The van der Waals surface area contributed by atoms with Gasteiger partial charge in [-0.25, -0.2) is 0 Å². The first-order chi connectivity index (χ1) is 8.38. The summed E-state index contributed by atoms with van der Waals surface area (Å²) < 4.78 is 0. The average molecular weight is 381 g/mol. The molecule has 0 aromatic heterocycles. The second-order valence-electron chi connectivity index (χ2n) is 4.39. The zero-order valence-corrected chi connectivity index (χ0v) is 15.2. The van der Waals surface area contributed by atoms with Crippen molar-refractivity contribution in [3.05, 3.63) is 66.2 Å². The maximum atomic E-state index is 2.32. The molecule has 20 heavy (non-hydrogen) atoms. The Morgan fingerprint density at radius 1 is 0.900 bits per heavy atom. The van der Waals surface area contributed by atoms with Crippen LogP contribution in [0.15, 0.2) is 60.7 Å². The minimum absolute atomic E-state index is 0. The molecule has 101 valence electrons. The molecule has 0 bridgehead atoms. The van der Waals surface area contributed by atoms with Gasteiger partial charge in [0.15, 0.2) is 0 Å². The summed E-state index contributed by atoms with van der Waals surface area (Å²) in [5, 5.41) is 2.72. The van der Waals surface area contributed by atoms with Gasteiger partial charge in [0.05, 0.1) is 0 Å². The Morgan fingerprint density at radius 3 is 2.25 bits per heavy atom. The van der Waals surface area contributed by atoms with Crippen molar-refractivity contribution in [1.29, 1.82) is 0 Å². The average Bonchev–Trinajstić information content (AvgIpc) is 2.82. The molecule has 1 radical (unpaired) electrons. The Hall–Kier alpha value is -0.487. The molecule has 0 aliphatic rings. The van der Waals surface area contributed by atoms with Gasteiger partial charge in [-0.15, -0.1) is 34.5 Å². The van der Waals surface area contributed by atoms with Crippen molar-refractivity contribution in [3.8, 4) is 11.1 Å². The summed E-state index contributed by atoms with van der Waals surface area (Å²) >= 11 is 0.